The Morgan fingerprint density at radius 3 is 2.55 bits per heavy atom. The van der Waals surface area contributed by atoms with Crippen molar-refractivity contribution in [3.05, 3.63) is 44.6 Å². The summed E-state index contributed by atoms with van der Waals surface area (Å²) in [7, 11) is 5.31. The van der Waals surface area contributed by atoms with E-state index >= 15 is 0 Å². The molecular formula is C26H28N4O8. The highest BCUT2D eigenvalue weighted by atomic mass is 16.4. The minimum Gasteiger partial charge on any atom is -0.509 e. The second-order valence-corrected chi connectivity index (χ2v) is 10.9. The fourth-order valence-corrected chi connectivity index (χ4v) is 7.39. The highest BCUT2D eigenvalue weighted by molar-refractivity contribution is 6.33. The zero-order valence-electron chi connectivity index (χ0n) is 21.1. The van der Waals surface area contributed by atoms with E-state index in [1.807, 2.05) is 4.90 Å². The number of amides is 1. The van der Waals surface area contributed by atoms with Gasteiger partial charge in [0.15, 0.2) is 11.2 Å². The number of aromatic amines is 1. The van der Waals surface area contributed by atoms with Gasteiger partial charge in [0.05, 0.1) is 16.6 Å². The summed E-state index contributed by atoms with van der Waals surface area (Å²) in [6.07, 6.45) is 1.20. The molecule has 1 aromatic heterocycles. The number of aliphatic hydroxyl groups excluding tert-OH is 2. The number of likely N-dealkylation sites (tertiary alicyclic amines) is 1. The number of ketones is 2. The lowest BCUT2D eigenvalue weighted by Gasteiger charge is -2.55. The average molecular weight is 525 g/mol. The van der Waals surface area contributed by atoms with Crippen molar-refractivity contribution >= 4 is 40.0 Å². The van der Waals surface area contributed by atoms with Gasteiger partial charge in [-0.3, -0.25) is 24.3 Å². The van der Waals surface area contributed by atoms with Crippen LogP contribution in [0.4, 0.5) is 5.69 Å². The number of aliphatic hydroxyl groups is 3. The molecule has 1 aromatic carbocycles. The van der Waals surface area contributed by atoms with Crippen LogP contribution in [0.2, 0.25) is 0 Å². The van der Waals surface area contributed by atoms with E-state index in [9.17, 15) is 34.5 Å². The van der Waals surface area contributed by atoms with Gasteiger partial charge < -0.3 is 30.4 Å². The lowest BCUT2D eigenvalue weighted by Crippen LogP contribution is -2.71. The van der Waals surface area contributed by atoms with E-state index in [2.05, 4.69) is 4.98 Å². The molecule has 2 fully saturated rings. The summed E-state index contributed by atoms with van der Waals surface area (Å²) in [5, 5.41) is 34.8. The number of oxazole rings is 1. The minimum atomic E-state index is -2.73. The van der Waals surface area contributed by atoms with Crippen molar-refractivity contribution in [2.24, 2.45) is 17.6 Å². The molecule has 1 unspecified atom stereocenters. The average Bonchev–Trinajstić information content (AvgIpc) is 3.41. The molecule has 12 nitrogen and oxygen atoms in total. The maximum Gasteiger partial charge on any atom is 0.417 e. The number of anilines is 1. The third-order valence-electron chi connectivity index (χ3n) is 9.02. The number of aromatic nitrogens is 1. The van der Waals surface area contributed by atoms with Gasteiger partial charge in [0.1, 0.15) is 17.1 Å². The van der Waals surface area contributed by atoms with Crippen LogP contribution in [-0.2, 0) is 20.8 Å². The number of nitrogens with zero attached hydrogens (tertiary/aromatic N) is 2. The molecule has 6 N–H and O–H groups in total. The minimum absolute atomic E-state index is 0.0540. The number of benzene rings is 1. The molecule has 1 aliphatic heterocycles. The predicted molar refractivity (Wildman–Crippen MR) is 134 cm³/mol. The van der Waals surface area contributed by atoms with E-state index < -0.39 is 63.3 Å². The summed E-state index contributed by atoms with van der Waals surface area (Å²) in [5.74, 6) is -7.03. The highest BCUT2D eigenvalue weighted by Gasteiger charge is 2.70. The molecule has 2 aromatic rings. The summed E-state index contributed by atoms with van der Waals surface area (Å²) < 4.78 is 5.32. The molecule has 3 aliphatic carbocycles. The van der Waals surface area contributed by atoms with Crippen LogP contribution in [0.25, 0.3) is 16.9 Å². The third kappa shape index (κ3) is 2.71. The number of primary amides is 1. The number of carbonyl (C=O) groups excluding carboxylic acids is 3. The Morgan fingerprint density at radius 1 is 1.24 bits per heavy atom. The summed E-state index contributed by atoms with van der Waals surface area (Å²) in [5.41, 5.74) is 2.25. The molecule has 12 heteroatoms. The van der Waals surface area contributed by atoms with Gasteiger partial charge in [-0.2, -0.15) is 0 Å². The zero-order valence-corrected chi connectivity index (χ0v) is 21.1. The first-order chi connectivity index (χ1) is 17.8. The lowest BCUT2D eigenvalue weighted by molar-refractivity contribution is -0.168. The number of nitrogens with two attached hydrogens (primary N) is 1. The molecular weight excluding hydrogens is 496 g/mol. The van der Waals surface area contributed by atoms with Crippen molar-refractivity contribution in [1.82, 2.24) is 9.88 Å². The largest absolute Gasteiger partial charge is 0.509 e. The highest BCUT2D eigenvalue weighted by Crippen LogP contribution is 2.58. The molecule has 1 spiro atoms. The molecule has 0 bridgehead atoms. The Kier molecular flexibility index (Phi) is 4.87. The van der Waals surface area contributed by atoms with E-state index in [1.165, 1.54) is 0 Å². The van der Waals surface area contributed by atoms with Crippen molar-refractivity contribution in [2.75, 3.05) is 32.6 Å². The fourth-order valence-electron chi connectivity index (χ4n) is 7.39. The summed E-state index contributed by atoms with van der Waals surface area (Å²) in [6.45, 7) is 0.502. The van der Waals surface area contributed by atoms with Crippen molar-refractivity contribution in [2.45, 2.75) is 36.8 Å². The van der Waals surface area contributed by atoms with Crippen LogP contribution in [0.1, 0.15) is 30.4 Å². The quantitative estimate of drug-likeness (QED) is 0.270. The van der Waals surface area contributed by atoms with Crippen LogP contribution in [0.3, 0.4) is 0 Å². The van der Waals surface area contributed by atoms with E-state index in [1.54, 1.807) is 32.1 Å². The Labute approximate surface area is 216 Å². The number of hydrogen-bond acceptors (Lipinski definition) is 10. The number of hydrogen-bond donors (Lipinski definition) is 5. The molecule has 1 amide bonds. The fraction of sp³-hybridized carbons (Fsp3) is 0.462. The van der Waals surface area contributed by atoms with Gasteiger partial charge in [0.2, 0.25) is 11.6 Å². The van der Waals surface area contributed by atoms with Crippen LogP contribution in [0.5, 0.6) is 0 Å². The molecule has 6 rings (SSSR count). The first kappa shape index (κ1) is 24.4. The van der Waals surface area contributed by atoms with Gasteiger partial charge in [0.25, 0.3) is 5.91 Å². The number of fused-ring (bicyclic) bond motifs is 6. The number of likely N-dealkylation sites (N-methyl/N-ethyl adjacent to an activating group) is 1. The number of H-pyrrole nitrogens is 1. The number of rotatable bonds is 2. The SMILES string of the molecule is CN(C)c1cc2[nH]c(=O)oc2c2c1C[C@H]1C[C@H]3C4(CCCN4C)C(O)=C(C(N)=O)C(=O)[C@@]3(O)C(=O)C1=C2O. The molecule has 200 valence electrons. The Hall–Kier alpha value is -3.90. The Bertz CT molecular complexity index is 1600. The maximum absolute atomic E-state index is 14.2. The van der Waals surface area contributed by atoms with Gasteiger partial charge in [-0.25, -0.2) is 4.79 Å². The third-order valence-corrected chi connectivity index (χ3v) is 9.02. The van der Waals surface area contributed by atoms with Crippen LogP contribution in [-0.4, -0.2) is 81.5 Å². The van der Waals surface area contributed by atoms with Crippen LogP contribution >= 0.6 is 0 Å². The smallest absolute Gasteiger partial charge is 0.417 e. The number of carbonyl (C=O) groups is 3. The van der Waals surface area contributed by atoms with Gasteiger partial charge in [-0.1, -0.05) is 0 Å². The molecule has 1 saturated heterocycles. The monoisotopic (exact) mass is 524 g/mol. The van der Waals surface area contributed by atoms with Gasteiger partial charge in [-0.15, -0.1) is 0 Å². The van der Waals surface area contributed by atoms with Crippen molar-refractivity contribution < 1.29 is 34.1 Å². The van der Waals surface area contributed by atoms with E-state index in [0.717, 1.165) is 0 Å². The maximum atomic E-state index is 14.2. The van der Waals surface area contributed by atoms with Crippen LogP contribution in [0.15, 0.2) is 32.2 Å². The second kappa shape index (κ2) is 7.58. The molecule has 0 radical (unpaired) electrons. The van der Waals surface area contributed by atoms with Gasteiger partial charge >= 0.3 is 5.76 Å². The van der Waals surface area contributed by atoms with E-state index in [0.29, 0.717) is 36.2 Å². The van der Waals surface area contributed by atoms with Gasteiger partial charge in [0, 0.05) is 31.3 Å². The molecule has 4 aliphatic rings. The number of nitrogens with one attached hydrogen (secondary N) is 1. The summed E-state index contributed by atoms with van der Waals surface area (Å²) in [6, 6.07) is 1.72. The first-order valence-corrected chi connectivity index (χ1v) is 12.4. The first-order valence-electron chi connectivity index (χ1n) is 12.4. The number of Topliss-reactive ketones (excluding diaryl/α,β-unsaturated/α-hetero) is 2. The van der Waals surface area contributed by atoms with Crippen LogP contribution in [0, 0.1) is 11.8 Å². The molecule has 2 heterocycles. The molecule has 4 atom stereocenters. The Morgan fingerprint density at radius 2 is 1.95 bits per heavy atom. The summed E-state index contributed by atoms with van der Waals surface area (Å²) >= 11 is 0. The molecule has 1 saturated carbocycles. The lowest BCUT2D eigenvalue weighted by atomic mass is 9.52. The van der Waals surface area contributed by atoms with Crippen molar-refractivity contribution in [3.63, 3.8) is 0 Å². The zero-order chi connectivity index (χ0) is 27.5. The van der Waals surface area contributed by atoms with E-state index in [-0.39, 0.29) is 29.6 Å². The van der Waals surface area contributed by atoms with Crippen molar-refractivity contribution in [1.29, 1.82) is 0 Å². The summed E-state index contributed by atoms with van der Waals surface area (Å²) in [4.78, 5) is 58.3. The standard InChI is InChI=1S/C26H28N4O8/c1-29(2)13-9-12-19(38-24(36)28-12)16-11(13)7-10-8-14-25(5-4-6-30(25)3)20(32)17(23(27)35)22(34)26(14,37)21(33)15(10)18(16)31/h9-10,14,31-32,37H,4-8H2,1-3H3,(H2,27,35)(H,28,36)/t10-,14-,25?,26-/m0/s1. The molecule has 38 heavy (non-hydrogen) atoms. The predicted octanol–water partition coefficient (Wildman–Crippen LogP) is 0.293. The van der Waals surface area contributed by atoms with Crippen molar-refractivity contribution in [3.8, 4) is 0 Å². The second-order valence-electron chi connectivity index (χ2n) is 10.9. The van der Waals surface area contributed by atoms with Gasteiger partial charge in [-0.05, 0) is 56.8 Å². The Balaban J connectivity index is 1.64. The topological polar surface area (TPSA) is 190 Å². The van der Waals surface area contributed by atoms with Crippen LogP contribution < -0.4 is 16.4 Å². The normalized spacial score (nSPS) is 31.2. The van der Waals surface area contributed by atoms with E-state index in [4.69, 9.17) is 10.2 Å².